The van der Waals surface area contributed by atoms with Crippen LogP contribution >= 0.6 is 0 Å². The maximum absolute atomic E-state index is 5.85. The van der Waals surface area contributed by atoms with E-state index in [4.69, 9.17) is 15.2 Å². The normalized spacial score (nSPS) is 19.2. The molecule has 1 aromatic carbocycles. The smallest absolute Gasteiger partial charge is 0.225 e. The average molecular weight is 379 g/mol. The quantitative estimate of drug-likeness (QED) is 0.679. The summed E-state index contributed by atoms with van der Waals surface area (Å²) in [5, 5.41) is 4.65. The SMILES string of the molecule is CC(C)Oc1cc(N[C@@H]2COC[C@H]2Cc2ccnc3ccccc23)nc(N)n1. The van der Waals surface area contributed by atoms with Gasteiger partial charge in [0.15, 0.2) is 0 Å². The molecule has 3 heterocycles. The molecule has 2 aromatic heterocycles. The zero-order chi connectivity index (χ0) is 19.5. The van der Waals surface area contributed by atoms with E-state index in [0.717, 1.165) is 11.9 Å². The molecule has 1 aliphatic rings. The van der Waals surface area contributed by atoms with Crippen LogP contribution in [0.1, 0.15) is 19.4 Å². The molecule has 0 radical (unpaired) electrons. The Morgan fingerprint density at radius 1 is 1.21 bits per heavy atom. The first-order chi connectivity index (χ1) is 13.6. The van der Waals surface area contributed by atoms with Gasteiger partial charge in [0.25, 0.3) is 0 Å². The Kier molecular flexibility index (Phi) is 5.25. The summed E-state index contributed by atoms with van der Waals surface area (Å²) in [5.74, 6) is 1.64. The van der Waals surface area contributed by atoms with Crippen molar-refractivity contribution in [3.63, 3.8) is 0 Å². The Labute approximate surface area is 164 Å². The van der Waals surface area contributed by atoms with Crippen LogP contribution in [0.25, 0.3) is 10.9 Å². The fourth-order valence-electron chi connectivity index (χ4n) is 3.58. The lowest BCUT2D eigenvalue weighted by Gasteiger charge is -2.21. The second kappa shape index (κ2) is 7.98. The monoisotopic (exact) mass is 379 g/mol. The minimum atomic E-state index is 0.0182. The summed E-state index contributed by atoms with van der Waals surface area (Å²) >= 11 is 0. The molecule has 0 unspecified atom stereocenters. The maximum atomic E-state index is 5.85. The molecule has 3 aromatic rings. The highest BCUT2D eigenvalue weighted by atomic mass is 16.5. The number of rotatable bonds is 6. The molecule has 1 fully saturated rings. The number of aromatic nitrogens is 3. The Morgan fingerprint density at radius 3 is 2.93 bits per heavy atom. The molecule has 7 heteroatoms. The van der Waals surface area contributed by atoms with E-state index in [1.54, 1.807) is 6.07 Å². The number of hydrogen-bond acceptors (Lipinski definition) is 7. The molecule has 0 bridgehead atoms. The lowest BCUT2D eigenvalue weighted by Crippen LogP contribution is -2.30. The Hall–Kier alpha value is -2.93. The summed E-state index contributed by atoms with van der Waals surface area (Å²) in [5.41, 5.74) is 8.14. The maximum Gasteiger partial charge on any atom is 0.225 e. The molecule has 7 nitrogen and oxygen atoms in total. The van der Waals surface area contributed by atoms with Crippen molar-refractivity contribution in [3.8, 4) is 5.88 Å². The van der Waals surface area contributed by atoms with Gasteiger partial charge in [0.2, 0.25) is 11.8 Å². The number of pyridine rings is 1. The Morgan fingerprint density at radius 2 is 2.07 bits per heavy atom. The highest BCUT2D eigenvalue weighted by Crippen LogP contribution is 2.26. The fraction of sp³-hybridized carbons (Fsp3) is 0.381. The van der Waals surface area contributed by atoms with Crippen molar-refractivity contribution in [1.82, 2.24) is 15.0 Å². The molecule has 146 valence electrons. The number of nitrogens with one attached hydrogen (secondary N) is 1. The molecular weight excluding hydrogens is 354 g/mol. The van der Waals surface area contributed by atoms with Gasteiger partial charge in [-0.1, -0.05) is 18.2 Å². The van der Waals surface area contributed by atoms with Gasteiger partial charge < -0.3 is 20.5 Å². The second-order valence-corrected chi connectivity index (χ2v) is 7.36. The molecule has 28 heavy (non-hydrogen) atoms. The molecule has 2 atom stereocenters. The predicted molar refractivity (Wildman–Crippen MR) is 109 cm³/mol. The van der Waals surface area contributed by atoms with Crippen LogP contribution in [0.5, 0.6) is 5.88 Å². The minimum Gasteiger partial charge on any atom is -0.475 e. The predicted octanol–water partition coefficient (Wildman–Crippen LogP) is 3.06. The molecular formula is C21H25N5O2. The number of nitrogens with zero attached hydrogens (tertiary/aromatic N) is 3. The summed E-state index contributed by atoms with van der Waals surface area (Å²) < 4.78 is 11.4. The van der Waals surface area contributed by atoms with E-state index in [-0.39, 0.29) is 18.1 Å². The molecule has 0 aliphatic carbocycles. The van der Waals surface area contributed by atoms with Crippen molar-refractivity contribution < 1.29 is 9.47 Å². The van der Waals surface area contributed by atoms with Crippen molar-refractivity contribution in [2.24, 2.45) is 5.92 Å². The van der Waals surface area contributed by atoms with Gasteiger partial charge in [0, 0.05) is 23.6 Å². The topological polar surface area (TPSA) is 95.2 Å². The zero-order valence-corrected chi connectivity index (χ0v) is 16.1. The number of anilines is 2. The Bertz CT molecular complexity index is 957. The highest BCUT2D eigenvalue weighted by molar-refractivity contribution is 5.81. The van der Waals surface area contributed by atoms with Crippen molar-refractivity contribution in [3.05, 3.63) is 48.2 Å². The summed E-state index contributed by atoms with van der Waals surface area (Å²) in [7, 11) is 0. The molecule has 1 saturated heterocycles. The fourth-order valence-corrected chi connectivity index (χ4v) is 3.58. The molecule has 0 spiro atoms. The van der Waals surface area contributed by atoms with Crippen LogP contribution in [0.15, 0.2) is 42.6 Å². The summed E-state index contributed by atoms with van der Waals surface area (Å²) in [6.45, 7) is 5.22. The van der Waals surface area contributed by atoms with Gasteiger partial charge >= 0.3 is 0 Å². The number of nitrogen functional groups attached to an aromatic ring is 1. The van der Waals surface area contributed by atoms with Gasteiger partial charge in [-0.05, 0) is 38.0 Å². The first-order valence-electron chi connectivity index (χ1n) is 9.56. The number of ether oxygens (including phenoxy) is 2. The van der Waals surface area contributed by atoms with Crippen LogP contribution in [0.4, 0.5) is 11.8 Å². The van der Waals surface area contributed by atoms with Crippen LogP contribution in [-0.2, 0) is 11.2 Å². The number of fused-ring (bicyclic) bond motifs is 1. The molecule has 1 aliphatic heterocycles. The van der Waals surface area contributed by atoms with E-state index < -0.39 is 0 Å². The van der Waals surface area contributed by atoms with Crippen molar-refractivity contribution >= 4 is 22.7 Å². The van der Waals surface area contributed by atoms with E-state index in [2.05, 4.69) is 32.4 Å². The van der Waals surface area contributed by atoms with Crippen molar-refractivity contribution in [1.29, 1.82) is 0 Å². The number of hydrogen-bond donors (Lipinski definition) is 2. The van der Waals surface area contributed by atoms with Crippen LogP contribution in [0.3, 0.4) is 0 Å². The van der Waals surface area contributed by atoms with Crippen LogP contribution < -0.4 is 15.8 Å². The van der Waals surface area contributed by atoms with Crippen molar-refractivity contribution in [2.45, 2.75) is 32.4 Å². The van der Waals surface area contributed by atoms with E-state index in [9.17, 15) is 0 Å². The molecule has 0 amide bonds. The Balaban J connectivity index is 1.52. The average Bonchev–Trinajstić information content (AvgIpc) is 3.07. The van der Waals surface area contributed by atoms with Crippen LogP contribution in [0.2, 0.25) is 0 Å². The molecule has 3 N–H and O–H groups in total. The molecule has 0 saturated carbocycles. The number of para-hydroxylation sites is 1. The van der Waals surface area contributed by atoms with Crippen LogP contribution in [-0.4, -0.2) is 40.3 Å². The molecule has 4 rings (SSSR count). The van der Waals surface area contributed by atoms with Gasteiger partial charge in [-0.25, -0.2) is 0 Å². The van der Waals surface area contributed by atoms with Gasteiger partial charge in [-0.2, -0.15) is 9.97 Å². The van der Waals surface area contributed by atoms with Gasteiger partial charge in [0.05, 0.1) is 30.9 Å². The van der Waals surface area contributed by atoms with E-state index >= 15 is 0 Å². The van der Waals surface area contributed by atoms with Crippen LogP contribution in [0, 0.1) is 5.92 Å². The van der Waals surface area contributed by atoms with E-state index in [0.29, 0.717) is 30.8 Å². The van der Waals surface area contributed by atoms with E-state index in [1.807, 2.05) is 38.2 Å². The summed E-state index contributed by atoms with van der Waals surface area (Å²) in [6, 6.07) is 12.2. The number of nitrogens with two attached hydrogens (primary N) is 1. The van der Waals surface area contributed by atoms with Gasteiger partial charge in [0.1, 0.15) is 5.82 Å². The van der Waals surface area contributed by atoms with Crippen molar-refractivity contribution in [2.75, 3.05) is 24.3 Å². The number of benzene rings is 1. The minimum absolute atomic E-state index is 0.0182. The summed E-state index contributed by atoms with van der Waals surface area (Å²) in [6.07, 6.45) is 2.79. The van der Waals surface area contributed by atoms with Gasteiger partial charge in [-0.15, -0.1) is 0 Å². The lowest BCUT2D eigenvalue weighted by atomic mass is 9.93. The summed E-state index contributed by atoms with van der Waals surface area (Å²) in [4.78, 5) is 12.9. The highest BCUT2D eigenvalue weighted by Gasteiger charge is 2.29. The standard InChI is InChI=1S/C21H25N5O2/c1-13(2)28-20-10-19(25-21(22)26-20)24-18-12-27-11-15(18)9-14-7-8-23-17-6-4-3-5-16(14)17/h3-8,10,13,15,18H,9,11-12H2,1-2H3,(H3,22,24,25,26)/t15-,18-/m1/s1. The third kappa shape index (κ3) is 4.14. The first kappa shape index (κ1) is 18.4. The second-order valence-electron chi connectivity index (χ2n) is 7.36. The third-order valence-corrected chi connectivity index (χ3v) is 4.83. The van der Waals surface area contributed by atoms with Gasteiger partial charge in [-0.3, -0.25) is 4.98 Å². The zero-order valence-electron chi connectivity index (χ0n) is 16.1. The van der Waals surface area contributed by atoms with E-state index in [1.165, 1.54) is 10.9 Å². The third-order valence-electron chi connectivity index (χ3n) is 4.83. The largest absolute Gasteiger partial charge is 0.475 e. The first-order valence-corrected chi connectivity index (χ1v) is 9.56. The lowest BCUT2D eigenvalue weighted by molar-refractivity contribution is 0.185.